The highest BCUT2D eigenvalue weighted by Crippen LogP contribution is 2.26. The summed E-state index contributed by atoms with van der Waals surface area (Å²) in [5, 5.41) is 3.47. The quantitative estimate of drug-likeness (QED) is 0.476. The third-order valence-electron chi connectivity index (χ3n) is 6.14. The molecule has 198 valence electrons. The number of nitrogens with one attached hydrogen (secondary N) is 1. The molecule has 0 fully saturated rings. The van der Waals surface area contributed by atoms with Gasteiger partial charge in [0.05, 0.1) is 11.9 Å². The maximum Gasteiger partial charge on any atom is 0.244 e. The first-order chi connectivity index (χ1) is 16.6. The molecule has 1 N–H and O–H groups in total. The minimum Gasteiger partial charge on any atom is -0.352 e. The maximum atomic E-state index is 13.6. The molecule has 0 bridgehead atoms. The molecule has 7 nitrogen and oxygen atoms in total. The molecule has 0 saturated carbocycles. The van der Waals surface area contributed by atoms with E-state index in [4.69, 9.17) is 11.6 Å². The molecule has 9 heteroatoms. The van der Waals surface area contributed by atoms with Gasteiger partial charge in [0.15, 0.2) is 0 Å². The average molecular weight is 536 g/mol. The second-order valence-corrected chi connectivity index (χ2v) is 12.6. The van der Waals surface area contributed by atoms with E-state index in [1.807, 2.05) is 26.0 Å². The number of sulfonamides is 1. The number of carbonyl (C=O) groups is 2. The Morgan fingerprint density at radius 1 is 1.00 bits per heavy atom. The summed E-state index contributed by atoms with van der Waals surface area (Å²) in [5.41, 5.74) is 2.11. The van der Waals surface area contributed by atoms with Crippen LogP contribution in [0.4, 0.5) is 5.69 Å². The molecule has 0 aliphatic rings. The second kappa shape index (κ2) is 12.1. The van der Waals surface area contributed by atoms with Crippen molar-refractivity contribution < 1.29 is 18.0 Å². The van der Waals surface area contributed by atoms with E-state index in [1.165, 1.54) is 4.90 Å². The highest BCUT2D eigenvalue weighted by atomic mass is 35.5. The summed E-state index contributed by atoms with van der Waals surface area (Å²) >= 11 is 6.00. The Hall–Kier alpha value is -2.58. The van der Waals surface area contributed by atoms with Crippen LogP contribution in [0.15, 0.2) is 48.5 Å². The number of carbonyl (C=O) groups excluding carboxylic acids is 2. The van der Waals surface area contributed by atoms with Gasteiger partial charge in [0, 0.05) is 17.6 Å². The monoisotopic (exact) mass is 535 g/mol. The minimum absolute atomic E-state index is 0.0544. The van der Waals surface area contributed by atoms with Gasteiger partial charge in [0.25, 0.3) is 0 Å². The van der Waals surface area contributed by atoms with Gasteiger partial charge in [0.2, 0.25) is 21.8 Å². The van der Waals surface area contributed by atoms with E-state index < -0.39 is 28.5 Å². The second-order valence-electron chi connectivity index (χ2n) is 10.2. The molecule has 0 saturated heterocycles. The lowest BCUT2D eigenvalue weighted by molar-refractivity contribution is -0.139. The van der Waals surface area contributed by atoms with Crippen LogP contribution in [-0.4, -0.2) is 50.0 Å². The first kappa shape index (κ1) is 29.6. The smallest absolute Gasteiger partial charge is 0.244 e. The molecule has 2 rings (SSSR count). The molecular formula is C27H38ClN3O4S. The molecular weight excluding hydrogens is 498 g/mol. The normalized spacial score (nSPS) is 13.6. The lowest BCUT2D eigenvalue weighted by Gasteiger charge is -2.32. The predicted molar refractivity (Wildman–Crippen MR) is 147 cm³/mol. The lowest BCUT2D eigenvalue weighted by atomic mass is 9.87. The van der Waals surface area contributed by atoms with Crippen LogP contribution in [0.5, 0.6) is 0 Å². The maximum absolute atomic E-state index is 13.6. The Labute approximate surface area is 220 Å². The van der Waals surface area contributed by atoms with Gasteiger partial charge in [-0.1, -0.05) is 63.6 Å². The highest BCUT2D eigenvalue weighted by Gasteiger charge is 2.30. The van der Waals surface area contributed by atoms with Crippen molar-refractivity contribution in [1.29, 1.82) is 0 Å². The minimum atomic E-state index is -3.77. The molecule has 2 unspecified atom stereocenters. The van der Waals surface area contributed by atoms with E-state index in [1.54, 1.807) is 43.3 Å². The van der Waals surface area contributed by atoms with Crippen LogP contribution in [0, 0.1) is 0 Å². The van der Waals surface area contributed by atoms with Crippen LogP contribution < -0.4 is 9.62 Å². The molecule has 0 aromatic heterocycles. The van der Waals surface area contributed by atoms with Gasteiger partial charge >= 0.3 is 0 Å². The fourth-order valence-corrected chi connectivity index (χ4v) is 4.55. The number of benzene rings is 2. The standard InChI is InChI=1S/C27H38ClN3O4S/c1-8-19(2)29-26(33)20(3)30(17-21-9-13-23(28)14-10-21)25(32)18-31(36(7,34)35)24-15-11-22(12-16-24)27(4,5)6/h9-16,19-20H,8,17-18H2,1-7H3,(H,29,33). The average Bonchev–Trinajstić information content (AvgIpc) is 2.80. The Bertz CT molecular complexity index is 1140. The van der Waals surface area contributed by atoms with E-state index in [0.717, 1.165) is 28.1 Å². The molecule has 2 atom stereocenters. The molecule has 2 amide bonds. The summed E-state index contributed by atoms with van der Waals surface area (Å²) in [7, 11) is -3.77. The number of hydrogen-bond acceptors (Lipinski definition) is 4. The van der Waals surface area contributed by atoms with Crippen molar-refractivity contribution in [2.75, 3.05) is 17.1 Å². The summed E-state index contributed by atoms with van der Waals surface area (Å²) in [5.74, 6) is -0.783. The van der Waals surface area contributed by atoms with Crippen LogP contribution >= 0.6 is 11.6 Å². The zero-order valence-corrected chi connectivity index (χ0v) is 23.8. The van der Waals surface area contributed by atoms with Gasteiger partial charge in [0.1, 0.15) is 12.6 Å². The van der Waals surface area contributed by atoms with Crippen molar-refractivity contribution in [3.05, 3.63) is 64.7 Å². The Morgan fingerprint density at radius 3 is 2.03 bits per heavy atom. The molecule has 0 aliphatic heterocycles. The summed E-state index contributed by atoms with van der Waals surface area (Å²) < 4.78 is 26.5. The van der Waals surface area contributed by atoms with Gasteiger partial charge < -0.3 is 10.2 Å². The van der Waals surface area contributed by atoms with Crippen molar-refractivity contribution in [1.82, 2.24) is 10.2 Å². The molecule has 0 aliphatic carbocycles. The largest absolute Gasteiger partial charge is 0.352 e. The number of amides is 2. The van der Waals surface area contributed by atoms with E-state index in [0.29, 0.717) is 10.7 Å². The van der Waals surface area contributed by atoms with Crippen LogP contribution in [0.3, 0.4) is 0 Å². The van der Waals surface area contributed by atoms with Gasteiger partial charge in [-0.05, 0) is 61.1 Å². The van der Waals surface area contributed by atoms with E-state index in [2.05, 4.69) is 26.1 Å². The van der Waals surface area contributed by atoms with Gasteiger partial charge in [-0.2, -0.15) is 0 Å². The van der Waals surface area contributed by atoms with E-state index in [-0.39, 0.29) is 23.9 Å². The first-order valence-electron chi connectivity index (χ1n) is 12.1. The van der Waals surface area contributed by atoms with Crippen molar-refractivity contribution >= 4 is 39.1 Å². The number of rotatable bonds is 10. The Balaban J connectivity index is 2.39. The fourth-order valence-electron chi connectivity index (χ4n) is 3.58. The Kier molecular flexibility index (Phi) is 9.97. The molecule has 2 aromatic rings. The Morgan fingerprint density at radius 2 is 1.56 bits per heavy atom. The van der Waals surface area contributed by atoms with Gasteiger partial charge in [-0.3, -0.25) is 13.9 Å². The molecule has 0 heterocycles. The summed E-state index contributed by atoms with van der Waals surface area (Å²) in [4.78, 5) is 27.9. The van der Waals surface area contributed by atoms with Gasteiger partial charge in [-0.25, -0.2) is 8.42 Å². The van der Waals surface area contributed by atoms with E-state index in [9.17, 15) is 18.0 Å². The molecule has 36 heavy (non-hydrogen) atoms. The van der Waals surface area contributed by atoms with Crippen molar-refractivity contribution in [3.8, 4) is 0 Å². The van der Waals surface area contributed by atoms with Crippen LogP contribution in [0.1, 0.15) is 59.1 Å². The molecule has 2 aromatic carbocycles. The van der Waals surface area contributed by atoms with Gasteiger partial charge in [-0.15, -0.1) is 0 Å². The predicted octanol–water partition coefficient (Wildman–Crippen LogP) is 4.74. The van der Waals surface area contributed by atoms with E-state index >= 15 is 0 Å². The summed E-state index contributed by atoms with van der Waals surface area (Å²) in [6, 6.07) is 13.3. The van der Waals surface area contributed by atoms with Crippen LogP contribution in [0.2, 0.25) is 5.02 Å². The number of halogens is 1. The summed E-state index contributed by atoms with van der Waals surface area (Å²) in [6.07, 6.45) is 1.82. The number of anilines is 1. The topological polar surface area (TPSA) is 86.8 Å². The van der Waals surface area contributed by atoms with Crippen LogP contribution in [0.25, 0.3) is 0 Å². The zero-order valence-electron chi connectivity index (χ0n) is 22.2. The third kappa shape index (κ3) is 8.23. The fraction of sp³-hybridized carbons (Fsp3) is 0.481. The number of nitrogens with zero attached hydrogens (tertiary/aromatic N) is 2. The SMILES string of the molecule is CCC(C)NC(=O)C(C)N(Cc1ccc(Cl)cc1)C(=O)CN(c1ccc(C(C)(C)C)cc1)S(C)(=O)=O. The first-order valence-corrected chi connectivity index (χ1v) is 14.3. The van der Waals surface area contributed by atoms with Crippen molar-refractivity contribution in [2.45, 2.75) is 72.0 Å². The third-order valence-corrected chi connectivity index (χ3v) is 7.53. The number of hydrogen-bond donors (Lipinski definition) is 1. The lowest BCUT2D eigenvalue weighted by Crippen LogP contribution is -2.52. The van der Waals surface area contributed by atoms with Crippen molar-refractivity contribution in [2.24, 2.45) is 0 Å². The highest BCUT2D eigenvalue weighted by molar-refractivity contribution is 7.92. The van der Waals surface area contributed by atoms with Crippen LogP contribution in [-0.2, 0) is 31.6 Å². The molecule has 0 spiro atoms. The zero-order chi connectivity index (χ0) is 27.3. The summed E-state index contributed by atoms with van der Waals surface area (Å²) in [6.45, 7) is 11.4. The van der Waals surface area contributed by atoms with Crippen molar-refractivity contribution in [3.63, 3.8) is 0 Å². The molecule has 0 radical (unpaired) electrons.